The molecule has 4 heteroatoms. The molecule has 0 N–H and O–H groups in total. The normalized spacial score (nSPS) is 27.2. The Kier molecular flexibility index (Phi) is 3.18. The lowest BCUT2D eigenvalue weighted by atomic mass is 10.0. The fourth-order valence-electron chi connectivity index (χ4n) is 3.23. The lowest BCUT2D eigenvalue weighted by Gasteiger charge is -2.36. The molecule has 0 bridgehead atoms. The van der Waals surface area contributed by atoms with Gasteiger partial charge in [0.1, 0.15) is 0 Å². The van der Waals surface area contributed by atoms with Gasteiger partial charge in [-0.15, -0.1) is 0 Å². The van der Waals surface area contributed by atoms with Crippen molar-refractivity contribution in [3.8, 4) is 0 Å². The molecule has 18 heavy (non-hydrogen) atoms. The molecule has 1 aromatic carbocycles. The minimum absolute atomic E-state index is 0.0432. The van der Waals surface area contributed by atoms with Crippen molar-refractivity contribution >= 4 is 15.9 Å². The molecule has 0 radical (unpaired) electrons. The van der Waals surface area contributed by atoms with E-state index in [0.29, 0.717) is 6.42 Å². The predicted octanol–water partition coefficient (Wildman–Crippen LogP) is 4.17. The number of rotatable bonds is 1. The molecular weight excluding hydrogens is 300 g/mol. The van der Waals surface area contributed by atoms with E-state index in [0.717, 1.165) is 23.9 Å². The SMILES string of the molecule is FC1(F)CCCN(C2CCc3c(Br)cccc32)C1. The summed E-state index contributed by atoms with van der Waals surface area (Å²) in [6.07, 6.45) is 2.60. The average Bonchev–Trinajstić information content (AvgIpc) is 2.73. The first-order valence-corrected chi connectivity index (χ1v) is 7.25. The first-order valence-electron chi connectivity index (χ1n) is 6.46. The van der Waals surface area contributed by atoms with E-state index < -0.39 is 5.92 Å². The van der Waals surface area contributed by atoms with E-state index in [4.69, 9.17) is 0 Å². The Balaban J connectivity index is 1.86. The molecule has 1 atom stereocenters. The van der Waals surface area contributed by atoms with Crippen LogP contribution in [-0.2, 0) is 6.42 Å². The average molecular weight is 316 g/mol. The second-order valence-electron chi connectivity index (χ2n) is 5.29. The van der Waals surface area contributed by atoms with Crippen LogP contribution in [0.25, 0.3) is 0 Å². The van der Waals surface area contributed by atoms with Gasteiger partial charge in [-0.2, -0.15) is 0 Å². The van der Waals surface area contributed by atoms with Crippen LogP contribution in [0.5, 0.6) is 0 Å². The maximum atomic E-state index is 13.5. The van der Waals surface area contributed by atoms with Crippen LogP contribution >= 0.6 is 15.9 Å². The number of nitrogens with zero attached hydrogens (tertiary/aromatic N) is 1. The van der Waals surface area contributed by atoms with Gasteiger partial charge in [-0.3, -0.25) is 4.90 Å². The maximum Gasteiger partial charge on any atom is 0.260 e. The Hall–Kier alpha value is -0.480. The zero-order valence-corrected chi connectivity index (χ0v) is 11.7. The van der Waals surface area contributed by atoms with Crippen LogP contribution < -0.4 is 0 Å². The molecule has 1 unspecified atom stereocenters. The predicted molar refractivity (Wildman–Crippen MR) is 71.0 cm³/mol. The smallest absolute Gasteiger partial charge is 0.260 e. The summed E-state index contributed by atoms with van der Waals surface area (Å²) in [5.41, 5.74) is 2.54. The van der Waals surface area contributed by atoms with E-state index in [1.54, 1.807) is 0 Å². The number of hydrogen-bond acceptors (Lipinski definition) is 1. The first-order chi connectivity index (χ1) is 8.57. The standard InChI is InChI=1S/C14H16BrF2N/c15-12-4-1-3-11-10(12)5-6-13(11)18-8-2-7-14(16,17)9-18/h1,3-4,13H,2,5-9H2. The van der Waals surface area contributed by atoms with Crippen molar-refractivity contribution in [3.05, 3.63) is 33.8 Å². The van der Waals surface area contributed by atoms with Gasteiger partial charge in [-0.25, -0.2) is 8.78 Å². The van der Waals surface area contributed by atoms with E-state index in [9.17, 15) is 8.78 Å². The molecule has 0 saturated carbocycles. The van der Waals surface area contributed by atoms with E-state index in [1.807, 2.05) is 17.0 Å². The van der Waals surface area contributed by atoms with Gasteiger partial charge in [0, 0.05) is 16.9 Å². The molecule has 1 saturated heterocycles. The van der Waals surface area contributed by atoms with Crippen molar-refractivity contribution in [1.82, 2.24) is 4.90 Å². The highest BCUT2D eigenvalue weighted by molar-refractivity contribution is 9.10. The van der Waals surface area contributed by atoms with E-state index in [2.05, 4.69) is 22.0 Å². The summed E-state index contributed by atoms with van der Waals surface area (Å²) in [5.74, 6) is -2.51. The molecule has 0 spiro atoms. The van der Waals surface area contributed by atoms with Crippen LogP contribution in [0.4, 0.5) is 8.78 Å². The highest BCUT2D eigenvalue weighted by Gasteiger charge is 2.39. The molecule has 1 aromatic rings. The summed E-state index contributed by atoms with van der Waals surface area (Å²) >= 11 is 3.55. The molecule has 1 heterocycles. The first kappa shape index (κ1) is 12.5. The summed E-state index contributed by atoms with van der Waals surface area (Å²) in [5, 5.41) is 0. The Morgan fingerprint density at radius 3 is 2.94 bits per heavy atom. The van der Waals surface area contributed by atoms with Gasteiger partial charge in [0.25, 0.3) is 5.92 Å². The van der Waals surface area contributed by atoms with Gasteiger partial charge < -0.3 is 0 Å². The van der Waals surface area contributed by atoms with Crippen molar-refractivity contribution in [2.24, 2.45) is 0 Å². The van der Waals surface area contributed by atoms with Crippen LogP contribution in [0, 0.1) is 0 Å². The van der Waals surface area contributed by atoms with Gasteiger partial charge in [0.15, 0.2) is 0 Å². The number of halogens is 3. The van der Waals surface area contributed by atoms with Crippen LogP contribution in [0.15, 0.2) is 22.7 Å². The van der Waals surface area contributed by atoms with Crippen molar-refractivity contribution in [2.45, 2.75) is 37.6 Å². The van der Waals surface area contributed by atoms with E-state index in [-0.39, 0.29) is 19.0 Å². The second kappa shape index (κ2) is 4.57. The number of likely N-dealkylation sites (tertiary alicyclic amines) is 1. The highest BCUT2D eigenvalue weighted by atomic mass is 79.9. The number of alkyl halides is 2. The van der Waals surface area contributed by atoms with Crippen LogP contribution in [0.3, 0.4) is 0 Å². The lowest BCUT2D eigenvalue weighted by Crippen LogP contribution is -2.43. The minimum atomic E-state index is -2.51. The molecule has 1 aliphatic heterocycles. The largest absolute Gasteiger partial charge is 0.290 e. The fraction of sp³-hybridized carbons (Fsp3) is 0.571. The third kappa shape index (κ3) is 2.21. The van der Waals surface area contributed by atoms with Crippen molar-refractivity contribution in [3.63, 3.8) is 0 Å². The van der Waals surface area contributed by atoms with Crippen molar-refractivity contribution < 1.29 is 8.78 Å². The van der Waals surface area contributed by atoms with Crippen molar-refractivity contribution in [1.29, 1.82) is 0 Å². The number of fused-ring (bicyclic) bond motifs is 1. The summed E-state index contributed by atoms with van der Waals surface area (Å²) in [6, 6.07) is 6.31. The van der Waals surface area contributed by atoms with E-state index in [1.165, 1.54) is 11.1 Å². The molecule has 1 fully saturated rings. The van der Waals surface area contributed by atoms with E-state index >= 15 is 0 Å². The molecule has 2 aliphatic rings. The quantitative estimate of drug-likeness (QED) is 0.752. The molecule has 1 nitrogen and oxygen atoms in total. The highest BCUT2D eigenvalue weighted by Crippen LogP contribution is 2.41. The Morgan fingerprint density at radius 1 is 1.33 bits per heavy atom. The van der Waals surface area contributed by atoms with Gasteiger partial charge >= 0.3 is 0 Å². The topological polar surface area (TPSA) is 3.24 Å². The van der Waals surface area contributed by atoms with Crippen LogP contribution in [0.2, 0.25) is 0 Å². The molecule has 0 aromatic heterocycles. The summed E-state index contributed by atoms with van der Waals surface area (Å²) in [7, 11) is 0. The second-order valence-corrected chi connectivity index (χ2v) is 6.15. The Bertz CT molecular complexity index is 461. The molecular formula is C14H16BrF2N. The Labute approximate surface area is 114 Å². The number of hydrogen-bond donors (Lipinski definition) is 0. The third-order valence-corrected chi connectivity index (χ3v) is 4.79. The lowest BCUT2D eigenvalue weighted by molar-refractivity contribution is -0.0753. The van der Waals surface area contributed by atoms with Gasteiger partial charge in [0.2, 0.25) is 0 Å². The van der Waals surface area contributed by atoms with Gasteiger partial charge in [-0.1, -0.05) is 28.1 Å². The monoisotopic (exact) mass is 315 g/mol. The van der Waals surface area contributed by atoms with Crippen molar-refractivity contribution in [2.75, 3.05) is 13.1 Å². The van der Waals surface area contributed by atoms with Gasteiger partial charge in [-0.05, 0) is 43.0 Å². The Morgan fingerprint density at radius 2 is 2.17 bits per heavy atom. The third-order valence-electron chi connectivity index (χ3n) is 4.04. The summed E-state index contributed by atoms with van der Waals surface area (Å²) in [6.45, 7) is 0.718. The molecule has 0 amide bonds. The molecule has 1 aliphatic carbocycles. The summed E-state index contributed by atoms with van der Waals surface area (Å²) < 4.78 is 28.1. The molecule has 98 valence electrons. The zero-order chi connectivity index (χ0) is 12.8. The zero-order valence-electron chi connectivity index (χ0n) is 10.1. The van der Waals surface area contributed by atoms with Gasteiger partial charge in [0.05, 0.1) is 6.54 Å². The number of benzene rings is 1. The van der Waals surface area contributed by atoms with Crippen LogP contribution in [-0.4, -0.2) is 23.9 Å². The fourth-order valence-corrected chi connectivity index (χ4v) is 3.81. The van der Waals surface area contributed by atoms with Crippen LogP contribution in [0.1, 0.15) is 36.4 Å². The minimum Gasteiger partial charge on any atom is -0.290 e. The summed E-state index contributed by atoms with van der Waals surface area (Å²) in [4.78, 5) is 1.97. The number of piperidine rings is 1. The maximum absolute atomic E-state index is 13.5. The molecule has 3 rings (SSSR count).